The summed E-state index contributed by atoms with van der Waals surface area (Å²) in [5, 5.41) is 0. The Kier molecular flexibility index (Phi) is 9.46. The van der Waals surface area contributed by atoms with Crippen LogP contribution in [0.15, 0.2) is 0 Å². The standard InChI is InChI=1S/C12H20N2O8/c1-19-9(15)5-7(13)11(17)21-3-4-22-12(18)8(14)6-10(16)20-2/h7-8H,3-6,13-14H2,1-2H3/t7-,8-/m0/s1. The molecule has 0 aliphatic carbocycles. The fourth-order valence-electron chi connectivity index (χ4n) is 1.19. The van der Waals surface area contributed by atoms with Gasteiger partial charge in [-0.3, -0.25) is 19.2 Å². The normalized spacial score (nSPS) is 12.7. The maximum absolute atomic E-state index is 11.4. The number of ether oxygens (including phenoxy) is 4. The van der Waals surface area contributed by atoms with Crippen molar-refractivity contribution in [3.63, 3.8) is 0 Å². The van der Waals surface area contributed by atoms with Gasteiger partial charge in [0.25, 0.3) is 0 Å². The monoisotopic (exact) mass is 320 g/mol. The van der Waals surface area contributed by atoms with Crippen molar-refractivity contribution < 1.29 is 38.1 Å². The van der Waals surface area contributed by atoms with Crippen molar-refractivity contribution >= 4 is 23.9 Å². The molecule has 0 bridgehead atoms. The number of esters is 4. The Morgan fingerprint density at radius 2 is 1.09 bits per heavy atom. The molecule has 0 spiro atoms. The molecule has 0 radical (unpaired) electrons. The molecule has 10 nitrogen and oxygen atoms in total. The van der Waals surface area contributed by atoms with E-state index in [1.54, 1.807) is 0 Å². The van der Waals surface area contributed by atoms with Crippen LogP contribution in [-0.2, 0) is 38.1 Å². The van der Waals surface area contributed by atoms with Gasteiger partial charge in [-0.05, 0) is 0 Å². The molecule has 0 aromatic heterocycles. The minimum atomic E-state index is -1.16. The highest BCUT2D eigenvalue weighted by Crippen LogP contribution is 1.97. The third-order valence-corrected chi connectivity index (χ3v) is 2.41. The highest BCUT2D eigenvalue weighted by Gasteiger charge is 2.21. The first-order chi connectivity index (χ1) is 10.3. The van der Waals surface area contributed by atoms with Crippen molar-refractivity contribution in [2.45, 2.75) is 24.9 Å². The predicted octanol–water partition coefficient (Wildman–Crippen LogP) is -2.15. The summed E-state index contributed by atoms with van der Waals surface area (Å²) in [6.07, 6.45) is -0.641. The first kappa shape index (κ1) is 19.8. The van der Waals surface area contributed by atoms with Crippen molar-refractivity contribution in [2.24, 2.45) is 11.5 Å². The third-order valence-electron chi connectivity index (χ3n) is 2.41. The second-order valence-electron chi connectivity index (χ2n) is 4.11. The van der Waals surface area contributed by atoms with E-state index in [0.29, 0.717) is 0 Å². The second kappa shape index (κ2) is 10.5. The molecule has 0 aliphatic rings. The molecule has 0 heterocycles. The highest BCUT2D eigenvalue weighted by atomic mass is 16.6. The zero-order chi connectivity index (χ0) is 17.1. The van der Waals surface area contributed by atoms with Crippen molar-refractivity contribution in [1.29, 1.82) is 0 Å². The Bertz CT molecular complexity index is 374. The number of rotatable bonds is 9. The Balaban J connectivity index is 3.92. The van der Waals surface area contributed by atoms with Crippen molar-refractivity contribution in [3.8, 4) is 0 Å². The number of carbonyl (C=O) groups excluding carboxylic acids is 4. The molecule has 0 aromatic carbocycles. The molecule has 4 N–H and O–H groups in total. The average Bonchev–Trinajstić information content (AvgIpc) is 2.50. The molecular formula is C12H20N2O8. The Morgan fingerprint density at radius 3 is 1.36 bits per heavy atom. The fourth-order valence-corrected chi connectivity index (χ4v) is 1.19. The molecule has 0 amide bonds. The molecule has 10 heteroatoms. The number of nitrogens with two attached hydrogens (primary N) is 2. The number of hydrogen-bond donors (Lipinski definition) is 2. The van der Waals surface area contributed by atoms with E-state index in [9.17, 15) is 19.2 Å². The summed E-state index contributed by atoms with van der Waals surface area (Å²) in [5.41, 5.74) is 10.8. The molecular weight excluding hydrogens is 300 g/mol. The van der Waals surface area contributed by atoms with Crippen LogP contribution in [0.1, 0.15) is 12.8 Å². The van der Waals surface area contributed by atoms with Crippen LogP contribution in [0.3, 0.4) is 0 Å². The van der Waals surface area contributed by atoms with Crippen LogP contribution >= 0.6 is 0 Å². The van der Waals surface area contributed by atoms with Gasteiger partial charge in [0.2, 0.25) is 0 Å². The molecule has 0 unspecified atom stereocenters. The van der Waals surface area contributed by atoms with Gasteiger partial charge >= 0.3 is 23.9 Å². The van der Waals surface area contributed by atoms with Gasteiger partial charge in [0.15, 0.2) is 0 Å². The third kappa shape index (κ3) is 8.17. The summed E-state index contributed by atoms with van der Waals surface area (Å²) in [5.74, 6) is -2.96. The molecule has 126 valence electrons. The summed E-state index contributed by atoms with van der Waals surface area (Å²) in [4.78, 5) is 44.6. The van der Waals surface area contributed by atoms with Crippen LogP contribution in [0.2, 0.25) is 0 Å². The quantitative estimate of drug-likeness (QED) is 0.272. The topological polar surface area (TPSA) is 157 Å². The molecule has 0 aromatic rings. The van der Waals surface area contributed by atoms with E-state index >= 15 is 0 Å². The van der Waals surface area contributed by atoms with Gasteiger partial charge in [0.1, 0.15) is 25.3 Å². The zero-order valence-corrected chi connectivity index (χ0v) is 12.4. The number of methoxy groups -OCH3 is 2. The van der Waals surface area contributed by atoms with E-state index in [4.69, 9.17) is 20.9 Å². The van der Waals surface area contributed by atoms with Crippen molar-refractivity contribution in [1.82, 2.24) is 0 Å². The Hall–Kier alpha value is -2.20. The first-order valence-electron chi connectivity index (χ1n) is 6.29. The zero-order valence-electron chi connectivity index (χ0n) is 12.4. The highest BCUT2D eigenvalue weighted by molar-refractivity contribution is 5.83. The van der Waals surface area contributed by atoms with Gasteiger partial charge in [-0.15, -0.1) is 0 Å². The first-order valence-corrected chi connectivity index (χ1v) is 6.29. The lowest BCUT2D eigenvalue weighted by molar-refractivity contribution is -0.156. The molecule has 0 fully saturated rings. The maximum Gasteiger partial charge on any atom is 0.323 e. The van der Waals surface area contributed by atoms with Crippen LogP contribution < -0.4 is 11.5 Å². The average molecular weight is 320 g/mol. The van der Waals surface area contributed by atoms with E-state index in [2.05, 4.69) is 9.47 Å². The summed E-state index contributed by atoms with van der Waals surface area (Å²) >= 11 is 0. The number of hydrogen-bond acceptors (Lipinski definition) is 10. The van der Waals surface area contributed by atoms with Crippen LogP contribution in [-0.4, -0.2) is 63.4 Å². The fraction of sp³-hybridized carbons (Fsp3) is 0.667. The SMILES string of the molecule is COC(=O)C[C@H](N)C(=O)OCCOC(=O)[C@@H](N)CC(=O)OC. The van der Waals surface area contributed by atoms with Gasteiger partial charge in [-0.2, -0.15) is 0 Å². The van der Waals surface area contributed by atoms with E-state index in [-0.39, 0.29) is 26.1 Å². The lowest BCUT2D eigenvalue weighted by Crippen LogP contribution is -2.37. The van der Waals surface area contributed by atoms with E-state index in [0.717, 1.165) is 14.2 Å². The van der Waals surface area contributed by atoms with Gasteiger partial charge in [0.05, 0.1) is 27.1 Å². The lowest BCUT2D eigenvalue weighted by atomic mass is 10.2. The van der Waals surface area contributed by atoms with E-state index in [1.165, 1.54) is 0 Å². The lowest BCUT2D eigenvalue weighted by Gasteiger charge is -2.12. The van der Waals surface area contributed by atoms with Crippen LogP contribution in [0.5, 0.6) is 0 Å². The molecule has 0 rings (SSSR count). The molecule has 0 aliphatic heterocycles. The largest absolute Gasteiger partial charge is 0.469 e. The Morgan fingerprint density at radius 1 is 0.773 bits per heavy atom. The van der Waals surface area contributed by atoms with Crippen LogP contribution in [0.25, 0.3) is 0 Å². The molecule has 0 saturated carbocycles. The molecule has 2 atom stereocenters. The minimum absolute atomic E-state index is 0.260. The molecule has 0 saturated heterocycles. The summed E-state index contributed by atoms with van der Waals surface area (Å²) in [6, 6.07) is -2.32. The predicted molar refractivity (Wildman–Crippen MR) is 71.1 cm³/mol. The second-order valence-corrected chi connectivity index (χ2v) is 4.11. The van der Waals surface area contributed by atoms with Gasteiger partial charge < -0.3 is 30.4 Å². The van der Waals surface area contributed by atoms with Crippen LogP contribution in [0, 0.1) is 0 Å². The van der Waals surface area contributed by atoms with Gasteiger partial charge in [-0.25, -0.2) is 0 Å². The Labute approximate surface area is 127 Å². The van der Waals surface area contributed by atoms with Gasteiger partial charge in [0, 0.05) is 0 Å². The summed E-state index contributed by atoms with van der Waals surface area (Å²) in [6.45, 7) is -0.519. The van der Waals surface area contributed by atoms with Crippen molar-refractivity contribution in [3.05, 3.63) is 0 Å². The van der Waals surface area contributed by atoms with Crippen LogP contribution in [0.4, 0.5) is 0 Å². The maximum atomic E-state index is 11.4. The van der Waals surface area contributed by atoms with Crippen molar-refractivity contribution in [2.75, 3.05) is 27.4 Å². The molecule has 22 heavy (non-hydrogen) atoms. The summed E-state index contributed by atoms with van der Waals surface area (Å²) in [7, 11) is 2.33. The smallest absolute Gasteiger partial charge is 0.323 e. The minimum Gasteiger partial charge on any atom is -0.469 e. The van der Waals surface area contributed by atoms with Gasteiger partial charge in [-0.1, -0.05) is 0 Å². The van der Waals surface area contributed by atoms with E-state index in [1.807, 2.05) is 0 Å². The summed E-state index contributed by atoms with van der Waals surface area (Å²) < 4.78 is 18.1. The number of carbonyl (C=O) groups is 4. The van der Waals surface area contributed by atoms with E-state index < -0.39 is 36.0 Å².